The van der Waals surface area contributed by atoms with Gasteiger partial charge in [0.2, 0.25) is 5.65 Å². The molecule has 5 N–H and O–H groups in total. The Kier molecular flexibility index (Phi) is 2.97. The number of aliphatic hydroxyl groups is 3. The topological polar surface area (TPSA) is 152 Å². The van der Waals surface area contributed by atoms with E-state index in [0.29, 0.717) is 0 Å². The molecule has 4 atom stereocenters. The van der Waals surface area contributed by atoms with Crippen molar-refractivity contribution in [3.05, 3.63) is 6.08 Å². The van der Waals surface area contributed by atoms with Crippen LogP contribution in [0.2, 0.25) is 0 Å². The van der Waals surface area contributed by atoms with Gasteiger partial charge < -0.3 is 25.8 Å². The summed E-state index contributed by atoms with van der Waals surface area (Å²) in [5.41, 5.74) is 5.43. The number of aromatic nitrogens is 5. The van der Waals surface area contributed by atoms with Crippen LogP contribution in [0.5, 0.6) is 0 Å². The minimum Gasteiger partial charge on any atom is -0.394 e. The Labute approximate surface area is 110 Å². The standard InChI is InChI=1S/C9H11FN6O4/c10-9-12-6(11)3-7(13-9)15-16(14-3)8-5(19)4(18)2(1-17)20-8/h2,4-5,8,17-19H,1H2,(H2,11,12,13,15). The molecule has 4 unspecified atom stereocenters. The highest BCUT2D eigenvalue weighted by atomic mass is 19.1. The number of rotatable bonds is 2. The highest BCUT2D eigenvalue weighted by Crippen LogP contribution is 2.29. The maximum atomic E-state index is 13.0. The normalized spacial score (nSPS) is 30.2. The molecular weight excluding hydrogens is 275 g/mol. The van der Waals surface area contributed by atoms with E-state index in [9.17, 15) is 14.6 Å². The second-order valence-electron chi connectivity index (χ2n) is 4.30. The van der Waals surface area contributed by atoms with E-state index in [4.69, 9.17) is 15.6 Å². The van der Waals surface area contributed by atoms with Gasteiger partial charge >= 0.3 is 6.08 Å². The molecule has 0 saturated carbocycles. The van der Waals surface area contributed by atoms with E-state index in [2.05, 4.69) is 20.2 Å². The summed E-state index contributed by atoms with van der Waals surface area (Å²) in [4.78, 5) is 7.62. The van der Waals surface area contributed by atoms with Crippen molar-refractivity contribution in [3.63, 3.8) is 0 Å². The van der Waals surface area contributed by atoms with E-state index < -0.39 is 37.2 Å². The summed E-state index contributed by atoms with van der Waals surface area (Å²) in [7, 11) is 0. The van der Waals surface area contributed by atoms with Gasteiger partial charge in [0.15, 0.2) is 17.6 Å². The molecule has 1 fully saturated rings. The predicted molar refractivity (Wildman–Crippen MR) is 60.5 cm³/mol. The number of nitrogens with two attached hydrogens (primary N) is 1. The zero-order valence-electron chi connectivity index (χ0n) is 9.96. The van der Waals surface area contributed by atoms with Gasteiger partial charge in [0, 0.05) is 0 Å². The van der Waals surface area contributed by atoms with Crippen molar-refractivity contribution in [2.24, 2.45) is 0 Å². The SMILES string of the molecule is Nc1nc(F)nc2nn(C3OC(CO)C(O)C3O)nc12. The van der Waals surface area contributed by atoms with Gasteiger partial charge in [-0.25, -0.2) is 0 Å². The fourth-order valence-corrected chi connectivity index (χ4v) is 2.00. The van der Waals surface area contributed by atoms with E-state index >= 15 is 0 Å². The molecule has 3 rings (SSSR count). The molecule has 0 aliphatic carbocycles. The van der Waals surface area contributed by atoms with Crippen molar-refractivity contribution in [2.45, 2.75) is 24.5 Å². The van der Waals surface area contributed by atoms with Crippen molar-refractivity contribution in [1.82, 2.24) is 25.0 Å². The average Bonchev–Trinajstić information content (AvgIpc) is 2.93. The van der Waals surface area contributed by atoms with Crippen LogP contribution < -0.4 is 5.73 Å². The fraction of sp³-hybridized carbons (Fsp3) is 0.556. The Morgan fingerprint density at radius 1 is 1.25 bits per heavy atom. The monoisotopic (exact) mass is 286 g/mol. The van der Waals surface area contributed by atoms with E-state index in [1.165, 1.54) is 0 Å². The van der Waals surface area contributed by atoms with Crippen LogP contribution in [0.1, 0.15) is 6.23 Å². The quantitative estimate of drug-likeness (QED) is 0.441. The molecule has 108 valence electrons. The number of aliphatic hydroxyl groups excluding tert-OH is 3. The van der Waals surface area contributed by atoms with E-state index in [-0.39, 0.29) is 17.0 Å². The van der Waals surface area contributed by atoms with Crippen LogP contribution in [0.15, 0.2) is 0 Å². The van der Waals surface area contributed by atoms with E-state index in [1.54, 1.807) is 0 Å². The lowest BCUT2D eigenvalue weighted by Crippen LogP contribution is -2.33. The Balaban J connectivity index is 2.01. The minimum atomic E-state index is -1.35. The number of halogens is 1. The number of fused-ring (bicyclic) bond motifs is 1. The molecule has 0 amide bonds. The number of hydrogen-bond donors (Lipinski definition) is 4. The second kappa shape index (κ2) is 4.56. The second-order valence-corrected chi connectivity index (χ2v) is 4.30. The van der Waals surface area contributed by atoms with Gasteiger partial charge in [-0.3, -0.25) is 0 Å². The van der Waals surface area contributed by atoms with Crippen LogP contribution in [0.4, 0.5) is 10.2 Å². The molecule has 0 radical (unpaired) electrons. The molecule has 1 saturated heterocycles. The molecule has 10 nitrogen and oxygen atoms in total. The number of hydrogen-bond acceptors (Lipinski definition) is 9. The molecule has 0 aromatic carbocycles. The molecular formula is C9H11FN6O4. The summed E-state index contributed by atoms with van der Waals surface area (Å²) in [6.07, 6.45) is -5.81. The van der Waals surface area contributed by atoms with Gasteiger partial charge in [0.25, 0.3) is 0 Å². The van der Waals surface area contributed by atoms with Crippen LogP contribution in [0.3, 0.4) is 0 Å². The lowest BCUT2D eigenvalue weighted by atomic mass is 10.1. The van der Waals surface area contributed by atoms with Gasteiger partial charge in [-0.2, -0.15) is 14.4 Å². The third-order valence-electron chi connectivity index (χ3n) is 3.01. The third kappa shape index (κ3) is 1.87. The van der Waals surface area contributed by atoms with Gasteiger partial charge in [-0.15, -0.1) is 15.0 Å². The summed E-state index contributed by atoms with van der Waals surface area (Å²) in [6, 6.07) is 0. The third-order valence-corrected chi connectivity index (χ3v) is 3.01. The maximum Gasteiger partial charge on any atom is 0.312 e. The number of nitrogens with zero attached hydrogens (tertiary/aromatic N) is 5. The van der Waals surface area contributed by atoms with Gasteiger partial charge in [0.1, 0.15) is 18.3 Å². The Morgan fingerprint density at radius 3 is 2.65 bits per heavy atom. The fourth-order valence-electron chi connectivity index (χ4n) is 2.00. The number of ether oxygens (including phenoxy) is 1. The summed E-state index contributed by atoms with van der Waals surface area (Å²) >= 11 is 0. The van der Waals surface area contributed by atoms with Crippen molar-refractivity contribution < 1.29 is 24.4 Å². The highest BCUT2D eigenvalue weighted by molar-refractivity contribution is 5.79. The van der Waals surface area contributed by atoms with Crippen LogP contribution in [0, 0.1) is 6.08 Å². The minimum absolute atomic E-state index is 0.0455. The summed E-state index contributed by atoms with van der Waals surface area (Å²) in [6.45, 7) is -0.480. The van der Waals surface area contributed by atoms with Crippen LogP contribution in [-0.4, -0.2) is 65.2 Å². The molecule has 0 spiro atoms. The first-order valence-electron chi connectivity index (χ1n) is 5.69. The molecule has 2 aromatic heterocycles. The molecule has 0 bridgehead atoms. The number of nitrogen functional groups attached to an aromatic ring is 1. The van der Waals surface area contributed by atoms with E-state index in [1.807, 2.05) is 0 Å². The molecule has 3 heterocycles. The van der Waals surface area contributed by atoms with Crippen molar-refractivity contribution in [2.75, 3.05) is 12.3 Å². The average molecular weight is 286 g/mol. The largest absolute Gasteiger partial charge is 0.394 e. The van der Waals surface area contributed by atoms with Crippen LogP contribution >= 0.6 is 0 Å². The van der Waals surface area contributed by atoms with Gasteiger partial charge in [-0.1, -0.05) is 0 Å². The number of anilines is 1. The first kappa shape index (κ1) is 13.1. The van der Waals surface area contributed by atoms with Gasteiger partial charge in [-0.05, 0) is 0 Å². The zero-order chi connectivity index (χ0) is 14.4. The smallest absolute Gasteiger partial charge is 0.312 e. The summed E-state index contributed by atoms with van der Waals surface area (Å²) in [5, 5.41) is 36.2. The lowest BCUT2D eigenvalue weighted by Gasteiger charge is -2.12. The molecule has 20 heavy (non-hydrogen) atoms. The molecule has 1 aliphatic heterocycles. The van der Waals surface area contributed by atoms with Crippen molar-refractivity contribution in [3.8, 4) is 0 Å². The van der Waals surface area contributed by atoms with Crippen molar-refractivity contribution in [1.29, 1.82) is 0 Å². The zero-order valence-corrected chi connectivity index (χ0v) is 9.96. The van der Waals surface area contributed by atoms with Crippen molar-refractivity contribution >= 4 is 17.0 Å². The Bertz CT molecular complexity index is 651. The van der Waals surface area contributed by atoms with Gasteiger partial charge in [0.05, 0.1) is 6.61 Å². The summed E-state index contributed by atoms with van der Waals surface area (Å²) < 4.78 is 18.2. The van der Waals surface area contributed by atoms with Crippen LogP contribution in [0.25, 0.3) is 11.2 Å². The predicted octanol–water partition coefficient (Wildman–Crippen LogP) is -2.45. The first-order valence-corrected chi connectivity index (χ1v) is 5.69. The van der Waals surface area contributed by atoms with E-state index in [0.717, 1.165) is 4.80 Å². The Hall–Kier alpha value is -1.95. The molecule has 11 heteroatoms. The Morgan fingerprint density at radius 2 is 2.00 bits per heavy atom. The molecule has 1 aliphatic rings. The lowest BCUT2D eigenvalue weighted by molar-refractivity contribution is -0.0650. The summed E-state index contributed by atoms with van der Waals surface area (Å²) in [5.74, 6) is -0.203. The highest BCUT2D eigenvalue weighted by Gasteiger charge is 2.44. The maximum absolute atomic E-state index is 13.0. The molecule has 2 aromatic rings. The van der Waals surface area contributed by atoms with Crippen LogP contribution in [-0.2, 0) is 4.74 Å². The first-order chi connectivity index (χ1) is 9.51.